The van der Waals surface area contributed by atoms with Gasteiger partial charge in [-0.25, -0.2) is 0 Å². The molecular weight excluding hydrogens is 334 g/mol. The summed E-state index contributed by atoms with van der Waals surface area (Å²) in [4.78, 5) is 12.3. The van der Waals surface area contributed by atoms with Crippen LogP contribution >= 0.6 is 0 Å². The second-order valence-electron chi connectivity index (χ2n) is 6.72. The predicted octanol–water partition coefficient (Wildman–Crippen LogP) is 3.43. The minimum atomic E-state index is -0.282. The highest BCUT2D eigenvalue weighted by molar-refractivity contribution is 5.92. The van der Waals surface area contributed by atoms with E-state index in [9.17, 15) is 4.79 Å². The van der Waals surface area contributed by atoms with Crippen LogP contribution in [0, 0.1) is 0 Å². The highest BCUT2D eigenvalue weighted by Crippen LogP contribution is 2.41. The molecule has 1 aliphatic rings. The summed E-state index contributed by atoms with van der Waals surface area (Å²) in [6.45, 7) is 3.93. The van der Waals surface area contributed by atoms with Crippen molar-refractivity contribution >= 4 is 11.6 Å². The molecule has 0 aliphatic carbocycles. The summed E-state index contributed by atoms with van der Waals surface area (Å²) in [6.07, 6.45) is 0.815. The number of anilines is 1. The highest BCUT2D eigenvalue weighted by Gasteiger charge is 2.32. The van der Waals surface area contributed by atoms with Gasteiger partial charge in [0.1, 0.15) is 17.1 Å². The minimum absolute atomic E-state index is 0.125. The molecule has 2 aromatic carbocycles. The first-order valence-corrected chi connectivity index (χ1v) is 8.37. The van der Waals surface area contributed by atoms with E-state index in [4.69, 9.17) is 18.9 Å². The summed E-state index contributed by atoms with van der Waals surface area (Å²) < 4.78 is 22.0. The van der Waals surface area contributed by atoms with E-state index in [0.29, 0.717) is 28.7 Å². The zero-order valence-electron chi connectivity index (χ0n) is 15.4. The van der Waals surface area contributed by atoms with Gasteiger partial charge < -0.3 is 24.3 Å². The zero-order chi connectivity index (χ0) is 18.7. The molecule has 6 nitrogen and oxygen atoms in total. The number of amides is 1. The normalized spacial score (nSPS) is 14.2. The Morgan fingerprint density at radius 3 is 2.50 bits per heavy atom. The van der Waals surface area contributed by atoms with Gasteiger partial charge in [-0.2, -0.15) is 0 Å². The average molecular weight is 357 g/mol. The number of ether oxygens (including phenoxy) is 4. The van der Waals surface area contributed by atoms with E-state index in [2.05, 4.69) is 5.32 Å². The molecule has 0 saturated carbocycles. The van der Waals surface area contributed by atoms with Gasteiger partial charge in [0, 0.05) is 35.9 Å². The average Bonchev–Trinajstić information content (AvgIpc) is 2.93. The number of para-hydroxylation sites is 1. The molecule has 0 radical (unpaired) electrons. The van der Waals surface area contributed by atoms with Crippen molar-refractivity contribution in [2.45, 2.75) is 25.9 Å². The van der Waals surface area contributed by atoms with E-state index in [-0.39, 0.29) is 18.1 Å². The summed E-state index contributed by atoms with van der Waals surface area (Å²) in [5.74, 6) is 2.20. The Morgan fingerprint density at radius 2 is 1.85 bits per heavy atom. The number of benzene rings is 2. The second kappa shape index (κ2) is 7.15. The fourth-order valence-electron chi connectivity index (χ4n) is 2.92. The van der Waals surface area contributed by atoms with E-state index < -0.39 is 0 Å². The van der Waals surface area contributed by atoms with Gasteiger partial charge in [0.25, 0.3) is 5.91 Å². The van der Waals surface area contributed by atoms with Crippen LogP contribution in [0.1, 0.15) is 19.4 Å². The van der Waals surface area contributed by atoms with Crippen LogP contribution in [0.3, 0.4) is 0 Å². The molecule has 0 aromatic heterocycles. The molecule has 0 bridgehead atoms. The van der Waals surface area contributed by atoms with Gasteiger partial charge in [-0.05, 0) is 19.9 Å². The van der Waals surface area contributed by atoms with E-state index in [1.165, 1.54) is 0 Å². The van der Waals surface area contributed by atoms with Gasteiger partial charge in [-0.15, -0.1) is 0 Å². The van der Waals surface area contributed by atoms with Crippen LogP contribution < -0.4 is 24.3 Å². The number of fused-ring (bicyclic) bond motifs is 1. The lowest BCUT2D eigenvalue weighted by Gasteiger charge is -2.18. The Morgan fingerprint density at radius 1 is 1.15 bits per heavy atom. The van der Waals surface area contributed by atoms with E-state index in [1.807, 2.05) is 32.0 Å². The van der Waals surface area contributed by atoms with E-state index in [0.717, 1.165) is 12.0 Å². The molecule has 138 valence electrons. The fourth-order valence-corrected chi connectivity index (χ4v) is 2.92. The number of hydrogen-bond donors (Lipinski definition) is 1. The van der Waals surface area contributed by atoms with Crippen LogP contribution in [0.4, 0.5) is 5.69 Å². The lowest BCUT2D eigenvalue weighted by Crippen LogP contribution is -2.25. The van der Waals surface area contributed by atoms with Crippen molar-refractivity contribution in [2.24, 2.45) is 0 Å². The summed E-state index contributed by atoms with van der Waals surface area (Å²) in [5, 5.41) is 2.78. The quantitative estimate of drug-likeness (QED) is 0.858. The largest absolute Gasteiger partial charge is 0.497 e. The molecular formula is C20H23NO5. The Balaban J connectivity index is 1.65. The number of nitrogens with one attached hydrogen (secondary N) is 1. The Bertz CT molecular complexity index is 794. The Hall–Kier alpha value is -2.89. The van der Waals surface area contributed by atoms with Gasteiger partial charge >= 0.3 is 0 Å². The lowest BCUT2D eigenvalue weighted by atomic mass is 10.0. The number of rotatable bonds is 6. The monoisotopic (exact) mass is 357 g/mol. The maximum atomic E-state index is 12.3. The first-order chi connectivity index (χ1) is 12.4. The minimum Gasteiger partial charge on any atom is -0.497 e. The first kappa shape index (κ1) is 17.9. The molecule has 0 saturated heterocycles. The fraction of sp³-hybridized carbons (Fsp3) is 0.350. The molecule has 0 spiro atoms. The van der Waals surface area contributed by atoms with Gasteiger partial charge in [0.2, 0.25) is 0 Å². The van der Waals surface area contributed by atoms with Crippen molar-refractivity contribution < 1.29 is 23.7 Å². The number of carbonyl (C=O) groups is 1. The molecule has 0 fully saturated rings. The molecule has 2 aromatic rings. The molecule has 3 rings (SSSR count). The Labute approximate surface area is 153 Å². The molecule has 1 N–H and O–H groups in total. The lowest BCUT2D eigenvalue weighted by molar-refractivity contribution is -0.118. The molecule has 0 atom stereocenters. The summed E-state index contributed by atoms with van der Waals surface area (Å²) in [5.41, 5.74) is 1.40. The van der Waals surface area contributed by atoms with Crippen molar-refractivity contribution in [1.29, 1.82) is 0 Å². The predicted molar refractivity (Wildman–Crippen MR) is 98.5 cm³/mol. The second-order valence-corrected chi connectivity index (χ2v) is 6.72. The zero-order valence-corrected chi connectivity index (χ0v) is 15.4. The van der Waals surface area contributed by atoms with Crippen molar-refractivity contribution in [3.05, 3.63) is 42.0 Å². The summed E-state index contributed by atoms with van der Waals surface area (Å²) in [6, 6.07) is 10.9. The highest BCUT2D eigenvalue weighted by atomic mass is 16.5. The Kier molecular flexibility index (Phi) is 4.93. The maximum Gasteiger partial charge on any atom is 0.262 e. The molecule has 1 aliphatic heterocycles. The first-order valence-electron chi connectivity index (χ1n) is 8.37. The smallest absolute Gasteiger partial charge is 0.262 e. The molecule has 1 amide bonds. The van der Waals surface area contributed by atoms with E-state index in [1.54, 1.807) is 32.4 Å². The molecule has 1 heterocycles. The summed E-state index contributed by atoms with van der Waals surface area (Å²) in [7, 11) is 3.11. The molecule has 0 unspecified atom stereocenters. The van der Waals surface area contributed by atoms with Crippen LogP contribution in [0.5, 0.6) is 23.0 Å². The third-order valence-corrected chi connectivity index (χ3v) is 4.05. The molecule has 6 heteroatoms. The van der Waals surface area contributed by atoms with Crippen LogP contribution in [-0.4, -0.2) is 32.3 Å². The van der Waals surface area contributed by atoms with Gasteiger partial charge in [-0.1, -0.05) is 12.1 Å². The van der Waals surface area contributed by atoms with Gasteiger partial charge in [0.15, 0.2) is 18.1 Å². The van der Waals surface area contributed by atoms with Crippen LogP contribution in [0.25, 0.3) is 0 Å². The van der Waals surface area contributed by atoms with Crippen molar-refractivity contribution in [2.75, 3.05) is 26.1 Å². The van der Waals surface area contributed by atoms with Crippen LogP contribution in [-0.2, 0) is 11.2 Å². The topological polar surface area (TPSA) is 66.0 Å². The summed E-state index contributed by atoms with van der Waals surface area (Å²) >= 11 is 0. The number of hydrogen-bond acceptors (Lipinski definition) is 5. The third kappa shape index (κ3) is 4.02. The van der Waals surface area contributed by atoms with Gasteiger partial charge in [-0.3, -0.25) is 4.79 Å². The SMILES string of the molecule is COc1cc(NC(=O)COc2cccc3c2OC(C)(C)C3)cc(OC)c1. The van der Waals surface area contributed by atoms with Crippen LogP contribution in [0.2, 0.25) is 0 Å². The third-order valence-electron chi connectivity index (χ3n) is 4.05. The molecule has 26 heavy (non-hydrogen) atoms. The van der Waals surface area contributed by atoms with Crippen molar-refractivity contribution in [3.8, 4) is 23.0 Å². The standard InChI is InChI=1S/C20H23NO5/c1-20(2)11-13-6-5-7-17(19(13)26-20)25-12-18(22)21-14-8-15(23-3)10-16(9-14)24-4/h5-10H,11-12H2,1-4H3,(H,21,22). The number of methoxy groups -OCH3 is 2. The van der Waals surface area contributed by atoms with Crippen LogP contribution in [0.15, 0.2) is 36.4 Å². The van der Waals surface area contributed by atoms with E-state index >= 15 is 0 Å². The maximum absolute atomic E-state index is 12.3. The van der Waals surface area contributed by atoms with Crippen molar-refractivity contribution in [1.82, 2.24) is 0 Å². The van der Waals surface area contributed by atoms with Gasteiger partial charge in [0.05, 0.1) is 14.2 Å². The number of carbonyl (C=O) groups excluding carboxylic acids is 1. The van der Waals surface area contributed by atoms with Crippen molar-refractivity contribution in [3.63, 3.8) is 0 Å².